The van der Waals surface area contributed by atoms with E-state index in [1.807, 2.05) is 29.2 Å². The Balaban J connectivity index is 1.90. The summed E-state index contributed by atoms with van der Waals surface area (Å²) in [5, 5.41) is 9.12. The third-order valence-corrected chi connectivity index (χ3v) is 3.70. The summed E-state index contributed by atoms with van der Waals surface area (Å²) >= 11 is 0. The topological polar surface area (TPSA) is 49.8 Å². The molecule has 1 heterocycles. The first-order valence-corrected chi connectivity index (χ1v) is 7.37. The van der Waals surface area contributed by atoms with Gasteiger partial charge in [0.1, 0.15) is 5.75 Å². The number of amides is 1. The van der Waals surface area contributed by atoms with Gasteiger partial charge >= 0.3 is 0 Å². The molecule has 1 aliphatic heterocycles. The van der Waals surface area contributed by atoms with Crippen molar-refractivity contribution in [1.82, 2.24) is 4.90 Å². The predicted octanol–water partition coefficient (Wildman–Crippen LogP) is 2.32. The minimum atomic E-state index is 0.0426. The first kappa shape index (κ1) is 14.9. The van der Waals surface area contributed by atoms with Gasteiger partial charge in [0.05, 0.1) is 6.61 Å². The number of carbonyl (C=O) groups is 1. The van der Waals surface area contributed by atoms with Crippen molar-refractivity contribution in [2.24, 2.45) is 5.92 Å². The van der Waals surface area contributed by atoms with Crippen LogP contribution in [0.25, 0.3) is 0 Å². The van der Waals surface area contributed by atoms with Crippen LogP contribution in [0.5, 0.6) is 5.75 Å². The van der Waals surface area contributed by atoms with E-state index in [-0.39, 0.29) is 18.4 Å². The lowest BCUT2D eigenvalue weighted by atomic mass is 10.1. The van der Waals surface area contributed by atoms with Gasteiger partial charge in [-0.2, -0.15) is 0 Å². The lowest BCUT2D eigenvalue weighted by Gasteiger charge is -2.16. The molecule has 1 aromatic rings. The molecule has 110 valence electrons. The van der Waals surface area contributed by atoms with Crippen LogP contribution in [0.1, 0.15) is 36.5 Å². The van der Waals surface area contributed by atoms with Crippen LogP contribution >= 0.6 is 0 Å². The van der Waals surface area contributed by atoms with E-state index in [4.69, 9.17) is 9.84 Å². The van der Waals surface area contributed by atoms with Crippen LogP contribution in [-0.4, -0.2) is 42.2 Å². The summed E-state index contributed by atoms with van der Waals surface area (Å²) in [5.41, 5.74) is 0.687. The molecule has 1 unspecified atom stereocenters. The van der Waals surface area contributed by atoms with Crippen molar-refractivity contribution in [1.29, 1.82) is 0 Å². The van der Waals surface area contributed by atoms with E-state index in [1.165, 1.54) is 0 Å². The molecule has 4 nitrogen and oxygen atoms in total. The maximum atomic E-state index is 12.3. The summed E-state index contributed by atoms with van der Waals surface area (Å²) in [7, 11) is 0. The number of hydrogen-bond donors (Lipinski definition) is 1. The Kier molecular flexibility index (Phi) is 5.41. The Morgan fingerprint density at radius 3 is 2.75 bits per heavy atom. The third kappa shape index (κ3) is 3.73. The lowest BCUT2D eigenvalue weighted by molar-refractivity contribution is 0.0782. The highest BCUT2D eigenvalue weighted by molar-refractivity contribution is 5.94. The highest BCUT2D eigenvalue weighted by atomic mass is 16.5. The van der Waals surface area contributed by atoms with Crippen molar-refractivity contribution in [3.63, 3.8) is 0 Å². The van der Waals surface area contributed by atoms with Crippen molar-refractivity contribution in [2.75, 3.05) is 26.3 Å². The maximum Gasteiger partial charge on any atom is 0.253 e. The fourth-order valence-electron chi connectivity index (χ4n) is 2.38. The number of aliphatic hydroxyl groups is 1. The molecule has 4 heteroatoms. The number of benzene rings is 1. The number of rotatable bonds is 6. The van der Waals surface area contributed by atoms with Crippen LogP contribution in [0, 0.1) is 5.92 Å². The van der Waals surface area contributed by atoms with Crippen LogP contribution in [-0.2, 0) is 0 Å². The van der Waals surface area contributed by atoms with Crippen molar-refractivity contribution in [3.8, 4) is 5.75 Å². The van der Waals surface area contributed by atoms with Crippen molar-refractivity contribution < 1.29 is 14.6 Å². The molecule has 1 aromatic carbocycles. The van der Waals surface area contributed by atoms with Crippen molar-refractivity contribution in [2.45, 2.75) is 26.2 Å². The fourth-order valence-corrected chi connectivity index (χ4v) is 2.38. The molecular formula is C16H23NO3. The summed E-state index contributed by atoms with van der Waals surface area (Å²) in [4.78, 5) is 14.1. The molecular weight excluding hydrogens is 254 g/mol. The molecule has 0 aromatic heterocycles. The largest absolute Gasteiger partial charge is 0.494 e. The zero-order valence-corrected chi connectivity index (χ0v) is 12.0. The van der Waals surface area contributed by atoms with E-state index < -0.39 is 0 Å². The molecule has 1 N–H and O–H groups in total. The molecule has 0 saturated carbocycles. The van der Waals surface area contributed by atoms with Crippen LogP contribution in [0.2, 0.25) is 0 Å². The lowest BCUT2D eigenvalue weighted by Crippen LogP contribution is -2.29. The second kappa shape index (κ2) is 7.29. The predicted molar refractivity (Wildman–Crippen MR) is 77.9 cm³/mol. The Labute approximate surface area is 120 Å². The molecule has 0 bridgehead atoms. The second-order valence-electron chi connectivity index (χ2n) is 5.31. The Bertz CT molecular complexity index is 430. The molecule has 0 radical (unpaired) electrons. The SMILES string of the molecule is CCCCOc1ccc(C(=O)N2CCC(CO)C2)cc1. The molecule has 1 aliphatic rings. The van der Waals surface area contributed by atoms with Gasteiger partial charge in [-0.3, -0.25) is 4.79 Å². The average molecular weight is 277 g/mol. The molecule has 20 heavy (non-hydrogen) atoms. The van der Waals surface area contributed by atoms with E-state index in [0.29, 0.717) is 18.7 Å². The zero-order chi connectivity index (χ0) is 14.4. The number of nitrogens with zero attached hydrogens (tertiary/aromatic N) is 1. The van der Waals surface area contributed by atoms with Gasteiger partial charge in [0.25, 0.3) is 5.91 Å². The van der Waals surface area contributed by atoms with Crippen molar-refractivity contribution >= 4 is 5.91 Å². The Hall–Kier alpha value is -1.55. The summed E-state index contributed by atoms with van der Waals surface area (Å²) < 4.78 is 5.58. The zero-order valence-electron chi connectivity index (χ0n) is 12.0. The molecule has 1 fully saturated rings. The van der Waals surface area contributed by atoms with Gasteiger partial charge in [0.2, 0.25) is 0 Å². The molecule has 1 saturated heterocycles. The van der Waals surface area contributed by atoms with Gasteiger partial charge in [0, 0.05) is 31.2 Å². The average Bonchev–Trinajstić information content (AvgIpc) is 2.96. The van der Waals surface area contributed by atoms with E-state index in [1.54, 1.807) is 0 Å². The number of ether oxygens (including phenoxy) is 1. The number of hydrogen-bond acceptors (Lipinski definition) is 3. The number of carbonyl (C=O) groups excluding carboxylic acids is 1. The molecule has 1 atom stereocenters. The molecule has 0 aliphatic carbocycles. The van der Waals surface area contributed by atoms with Crippen LogP contribution in [0.3, 0.4) is 0 Å². The minimum absolute atomic E-state index is 0.0426. The molecule has 1 amide bonds. The van der Waals surface area contributed by atoms with Gasteiger partial charge in [-0.1, -0.05) is 13.3 Å². The number of aliphatic hydroxyl groups excluding tert-OH is 1. The van der Waals surface area contributed by atoms with E-state index >= 15 is 0 Å². The van der Waals surface area contributed by atoms with Crippen LogP contribution in [0.15, 0.2) is 24.3 Å². The summed E-state index contributed by atoms with van der Waals surface area (Å²) in [6.45, 7) is 4.39. The first-order valence-electron chi connectivity index (χ1n) is 7.37. The Morgan fingerprint density at radius 2 is 2.15 bits per heavy atom. The summed E-state index contributed by atoms with van der Waals surface area (Å²) in [6.07, 6.45) is 3.04. The molecule has 0 spiro atoms. The summed E-state index contributed by atoms with van der Waals surface area (Å²) in [6, 6.07) is 7.33. The second-order valence-corrected chi connectivity index (χ2v) is 5.31. The molecule has 2 rings (SSSR count). The van der Waals surface area contributed by atoms with Gasteiger partial charge in [-0.05, 0) is 37.1 Å². The number of likely N-dealkylation sites (tertiary alicyclic amines) is 1. The maximum absolute atomic E-state index is 12.3. The van der Waals surface area contributed by atoms with Gasteiger partial charge < -0.3 is 14.7 Å². The van der Waals surface area contributed by atoms with Gasteiger partial charge in [-0.15, -0.1) is 0 Å². The minimum Gasteiger partial charge on any atom is -0.494 e. The van der Waals surface area contributed by atoms with E-state index in [9.17, 15) is 4.79 Å². The monoisotopic (exact) mass is 277 g/mol. The standard InChI is InChI=1S/C16H23NO3/c1-2-3-10-20-15-6-4-14(5-7-15)16(19)17-9-8-13(11-17)12-18/h4-7,13,18H,2-3,8-12H2,1H3. The highest BCUT2D eigenvalue weighted by Gasteiger charge is 2.26. The fraction of sp³-hybridized carbons (Fsp3) is 0.562. The first-order chi connectivity index (χ1) is 9.74. The smallest absolute Gasteiger partial charge is 0.253 e. The van der Waals surface area contributed by atoms with E-state index in [0.717, 1.165) is 31.6 Å². The third-order valence-electron chi connectivity index (χ3n) is 3.70. The Morgan fingerprint density at radius 1 is 1.40 bits per heavy atom. The quantitative estimate of drug-likeness (QED) is 0.812. The van der Waals surface area contributed by atoms with Crippen molar-refractivity contribution in [3.05, 3.63) is 29.8 Å². The van der Waals surface area contributed by atoms with Gasteiger partial charge in [0.15, 0.2) is 0 Å². The van der Waals surface area contributed by atoms with Gasteiger partial charge in [-0.25, -0.2) is 0 Å². The van der Waals surface area contributed by atoms with Crippen LogP contribution in [0.4, 0.5) is 0 Å². The highest BCUT2D eigenvalue weighted by Crippen LogP contribution is 2.19. The van der Waals surface area contributed by atoms with E-state index in [2.05, 4.69) is 6.92 Å². The van der Waals surface area contributed by atoms with Crippen LogP contribution < -0.4 is 4.74 Å². The number of unbranched alkanes of at least 4 members (excludes halogenated alkanes) is 1. The summed E-state index contributed by atoms with van der Waals surface area (Å²) in [5.74, 6) is 1.08. The normalized spacial score (nSPS) is 18.3.